The fourth-order valence-electron chi connectivity index (χ4n) is 5.97. The molecule has 0 aliphatic carbocycles. The van der Waals surface area contributed by atoms with Crippen LogP contribution >= 0.6 is 0 Å². The maximum absolute atomic E-state index is 13.0. The molecule has 2 atom stereocenters. The molecule has 246 valence electrons. The number of carbonyl (C=O) groups is 2. The number of pyridine rings is 2. The lowest BCUT2D eigenvalue weighted by Crippen LogP contribution is -2.35. The van der Waals surface area contributed by atoms with Gasteiger partial charge in [0, 0.05) is 62.0 Å². The molecule has 0 fully saturated rings. The smallest absolute Gasteiger partial charge is 0.223 e. The summed E-state index contributed by atoms with van der Waals surface area (Å²) in [5, 5.41) is 6.48. The number of nitrogens with one attached hydrogen (secondary N) is 2. The number of amides is 2. The quantitative estimate of drug-likeness (QED) is 0.0815. The Morgan fingerprint density at radius 1 is 0.477 bits per heavy atom. The summed E-state index contributed by atoms with van der Waals surface area (Å²) in [5.41, 5.74) is 0. The maximum atomic E-state index is 13.0. The molecule has 2 amide bonds. The van der Waals surface area contributed by atoms with Crippen LogP contribution in [0.15, 0.2) is 61.2 Å². The molecule has 0 aromatic carbocycles. The van der Waals surface area contributed by atoms with Crippen molar-refractivity contribution >= 4 is 11.8 Å². The van der Waals surface area contributed by atoms with E-state index in [9.17, 15) is 9.59 Å². The second-order valence-electron chi connectivity index (χ2n) is 12.6. The largest absolute Gasteiger partial charge is 0.356 e. The van der Waals surface area contributed by atoms with E-state index in [1.807, 2.05) is 12.1 Å². The van der Waals surface area contributed by atoms with Crippen LogP contribution in [0.4, 0.5) is 0 Å². The second kappa shape index (κ2) is 25.6. The van der Waals surface area contributed by atoms with E-state index >= 15 is 0 Å². The predicted octanol–water partition coefficient (Wildman–Crippen LogP) is 7.49. The highest BCUT2D eigenvalue weighted by atomic mass is 16.2. The minimum absolute atomic E-state index is 0.118. The summed E-state index contributed by atoms with van der Waals surface area (Å²) >= 11 is 0. The monoisotopic (exact) mass is 609 g/mol. The van der Waals surface area contributed by atoms with Crippen LogP contribution < -0.4 is 19.8 Å². The summed E-state index contributed by atoms with van der Waals surface area (Å²) < 4.78 is 4.40. The van der Waals surface area contributed by atoms with Gasteiger partial charge in [0.2, 0.25) is 11.8 Å². The van der Waals surface area contributed by atoms with E-state index in [0.717, 1.165) is 103 Å². The lowest BCUT2D eigenvalue weighted by Gasteiger charge is -2.17. The van der Waals surface area contributed by atoms with Crippen LogP contribution in [0.2, 0.25) is 0 Å². The average molecular weight is 609 g/mol. The molecule has 2 aromatic rings. The molecule has 0 spiro atoms. The van der Waals surface area contributed by atoms with Crippen molar-refractivity contribution in [3.63, 3.8) is 0 Å². The first-order valence-electron chi connectivity index (χ1n) is 18.1. The highest BCUT2D eigenvalue weighted by Gasteiger charge is 2.19. The normalized spacial score (nSPS) is 12.5. The number of hydrogen-bond acceptors (Lipinski definition) is 2. The first-order chi connectivity index (χ1) is 21.6. The Morgan fingerprint density at radius 2 is 0.841 bits per heavy atom. The molecule has 0 radical (unpaired) electrons. The Labute approximate surface area is 269 Å². The van der Waals surface area contributed by atoms with Crippen molar-refractivity contribution in [2.75, 3.05) is 13.1 Å². The third kappa shape index (κ3) is 18.1. The molecule has 0 bridgehead atoms. The van der Waals surface area contributed by atoms with Crippen molar-refractivity contribution in [2.24, 2.45) is 11.8 Å². The van der Waals surface area contributed by atoms with E-state index in [1.165, 1.54) is 38.5 Å². The number of hydrogen-bond donors (Lipinski definition) is 2. The third-order valence-electron chi connectivity index (χ3n) is 8.75. The number of carbonyl (C=O) groups excluding carboxylic acids is 2. The molecule has 2 unspecified atom stereocenters. The van der Waals surface area contributed by atoms with Gasteiger partial charge in [-0.3, -0.25) is 9.59 Å². The zero-order valence-corrected chi connectivity index (χ0v) is 28.2. The van der Waals surface area contributed by atoms with Gasteiger partial charge in [-0.2, -0.15) is 0 Å². The standard InChI is InChI=1S/C38H62N4O2/c1-3-5-7-13-23-35(25-21-33-41-29-17-11-18-30-41)37(43)39-27-15-9-10-16-28-40-38(44)36(24-14-8-6-4-2)26-22-34-42-31-19-12-20-32-42/h11-12,17-20,29-32,35-36H,3-10,13-16,21-28,33-34H2,1-2H3/p+2. The molecule has 2 rings (SSSR count). The molecule has 44 heavy (non-hydrogen) atoms. The maximum Gasteiger partial charge on any atom is 0.223 e. The number of rotatable bonds is 27. The Morgan fingerprint density at radius 3 is 1.23 bits per heavy atom. The van der Waals surface area contributed by atoms with Crippen molar-refractivity contribution in [1.29, 1.82) is 0 Å². The van der Waals surface area contributed by atoms with E-state index in [1.54, 1.807) is 0 Å². The van der Waals surface area contributed by atoms with Gasteiger partial charge in [0.05, 0.1) is 0 Å². The van der Waals surface area contributed by atoms with Gasteiger partial charge in [0.15, 0.2) is 24.8 Å². The van der Waals surface area contributed by atoms with Crippen molar-refractivity contribution in [3.8, 4) is 0 Å². The SMILES string of the molecule is CCCCCCC(CCC[n+]1ccccc1)C(=O)NCCCCCCNC(=O)C(CCCCCC)CCC[n+]1ccccc1. The molecular weight excluding hydrogens is 544 g/mol. The van der Waals surface area contributed by atoms with Gasteiger partial charge in [-0.25, -0.2) is 9.13 Å². The van der Waals surface area contributed by atoms with Gasteiger partial charge >= 0.3 is 0 Å². The summed E-state index contributed by atoms with van der Waals surface area (Å²) in [4.78, 5) is 26.0. The molecule has 0 saturated heterocycles. The topological polar surface area (TPSA) is 66.0 Å². The summed E-state index contributed by atoms with van der Waals surface area (Å²) in [5.74, 6) is 0.713. The Hall–Kier alpha value is -2.76. The Bertz CT molecular complexity index is 890. The number of aryl methyl sites for hydroxylation is 2. The van der Waals surface area contributed by atoms with Crippen LogP contribution in [0.1, 0.15) is 129 Å². The summed E-state index contributed by atoms with van der Waals surface area (Å²) in [6, 6.07) is 12.3. The molecule has 2 N–H and O–H groups in total. The summed E-state index contributed by atoms with van der Waals surface area (Å²) in [6.45, 7) is 7.89. The van der Waals surface area contributed by atoms with Crippen LogP contribution in [0, 0.1) is 11.8 Å². The Kier molecular flexibility index (Phi) is 21.7. The molecule has 0 aliphatic heterocycles. The van der Waals surface area contributed by atoms with Crippen molar-refractivity contribution in [1.82, 2.24) is 10.6 Å². The van der Waals surface area contributed by atoms with Gasteiger partial charge in [0.1, 0.15) is 13.1 Å². The van der Waals surface area contributed by atoms with Crippen molar-refractivity contribution in [3.05, 3.63) is 61.2 Å². The van der Waals surface area contributed by atoms with Crippen molar-refractivity contribution in [2.45, 2.75) is 143 Å². The van der Waals surface area contributed by atoms with E-state index in [2.05, 4.69) is 82.7 Å². The van der Waals surface area contributed by atoms with Gasteiger partial charge < -0.3 is 10.6 Å². The second-order valence-corrected chi connectivity index (χ2v) is 12.6. The van der Waals surface area contributed by atoms with Crippen LogP contribution in [0.3, 0.4) is 0 Å². The van der Waals surface area contributed by atoms with Crippen LogP contribution in [0.25, 0.3) is 0 Å². The van der Waals surface area contributed by atoms with E-state index in [-0.39, 0.29) is 23.7 Å². The zero-order chi connectivity index (χ0) is 31.5. The first-order valence-corrected chi connectivity index (χ1v) is 18.1. The lowest BCUT2D eigenvalue weighted by atomic mass is 9.94. The minimum Gasteiger partial charge on any atom is -0.356 e. The molecular formula is C38H64N4O2+2. The van der Waals surface area contributed by atoms with Crippen LogP contribution in [-0.2, 0) is 22.7 Å². The summed E-state index contributed by atoms with van der Waals surface area (Å²) in [6.07, 6.45) is 28.2. The van der Waals surface area contributed by atoms with Gasteiger partial charge in [-0.05, 0) is 38.5 Å². The fraction of sp³-hybridized carbons (Fsp3) is 0.684. The lowest BCUT2D eigenvalue weighted by molar-refractivity contribution is -0.697. The van der Waals surface area contributed by atoms with Gasteiger partial charge in [-0.1, -0.05) is 90.2 Å². The summed E-state index contributed by atoms with van der Waals surface area (Å²) in [7, 11) is 0. The third-order valence-corrected chi connectivity index (χ3v) is 8.75. The molecule has 0 aliphatic rings. The van der Waals surface area contributed by atoms with E-state index in [0.29, 0.717) is 0 Å². The zero-order valence-electron chi connectivity index (χ0n) is 28.2. The minimum atomic E-state index is 0.118. The Balaban J connectivity index is 1.62. The molecule has 2 aromatic heterocycles. The van der Waals surface area contributed by atoms with E-state index in [4.69, 9.17) is 0 Å². The fourth-order valence-corrected chi connectivity index (χ4v) is 5.97. The predicted molar refractivity (Wildman–Crippen MR) is 181 cm³/mol. The van der Waals surface area contributed by atoms with Crippen LogP contribution in [-0.4, -0.2) is 24.9 Å². The van der Waals surface area contributed by atoms with Crippen LogP contribution in [0.5, 0.6) is 0 Å². The van der Waals surface area contributed by atoms with Crippen molar-refractivity contribution < 1.29 is 18.7 Å². The molecule has 2 heterocycles. The highest BCUT2D eigenvalue weighted by Crippen LogP contribution is 2.18. The van der Waals surface area contributed by atoms with Gasteiger partial charge in [-0.15, -0.1) is 0 Å². The number of nitrogens with zero attached hydrogens (tertiary/aromatic N) is 2. The van der Waals surface area contributed by atoms with E-state index < -0.39 is 0 Å². The molecule has 0 saturated carbocycles. The number of unbranched alkanes of at least 4 members (excludes halogenated alkanes) is 9. The number of aromatic nitrogens is 2. The molecule has 6 nitrogen and oxygen atoms in total. The average Bonchev–Trinajstić information content (AvgIpc) is 3.05. The van der Waals surface area contributed by atoms with Gasteiger partial charge in [0.25, 0.3) is 0 Å². The highest BCUT2D eigenvalue weighted by molar-refractivity contribution is 5.78. The first kappa shape index (κ1) is 37.4. The molecule has 6 heteroatoms.